The van der Waals surface area contributed by atoms with E-state index in [4.69, 9.17) is 5.73 Å². The molecule has 3 N–H and O–H groups in total. The minimum absolute atomic E-state index is 0.284. The van der Waals surface area contributed by atoms with Gasteiger partial charge in [0.05, 0.1) is 6.10 Å². The molecule has 72 valence electrons. The minimum atomic E-state index is -0.284. The maximum Gasteiger partial charge on any atom is 0.0690 e. The van der Waals surface area contributed by atoms with Crippen molar-refractivity contribution in [3.8, 4) is 0 Å². The molecule has 1 aliphatic carbocycles. The zero-order chi connectivity index (χ0) is 8.97. The van der Waals surface area contributed by atoms with Crippen molar-refractivity contribution in [3.63, 3.8) is 0 Å². The molecule has 2 nitrogen and oxygen atoms in total. The largest absolute Gasteiger partial charge is 0.392 e. The van der Waals surface area contributed by atoms with Gasteiger partial charge in [0.25, 0.3) is 0 Å². The van der Waals surface area contributed by atoms with Crippen LogP contribution < -0.4 is 5.73 Å². The SMILES string of the molecule is CC(C(O)CN)C1CCCCC1. The molecule has 12 heavy (non-hydrogen) atoms. The molecular weight excluding hydrogens is 150 g/mol. The molecule has 0 aromatic heterocycles. The fourth-order valence-corrected chi connectivity index (χ4v) is 2.19. The molecule has 0 aromatic carbocycles. The molecule has 0 saturated heterocycles. The highest BCUT2D eigenvalue weighted by molar-refractivity contribution is 4.76. The van der Waals surface area contributed by atoms with Gasteiger partial charge in [0, 0.05) is 6.54 Å². The normalized spacial score (nSPS) is 25.2. The number of aliphatic hydroxyl groups is 1. The molecule has 0 radical (unpaired) electrons. The average molecular weight is 171 g/mol. The predicted molar refractivity (Wildman–Crippen MR) is 50.8 cm³/mol. The van der Waals surface area contributed by atoms with Crippen LogP contribution in [0.1, 0.15) is 39.0 Å². The van der Waals surface area contributed by atoms with Crippen LogP contribution in [0, 0.1) is 11.8 Å². The van der Waals surface area contributed by atoms with E-state index in [1.807, 2.05) is 0 Å². The Morgan fingerprint density at radius 3 is 2.42 bits per heavy atom. The van der Waals surface area contributed by atoms with Gasteiger partial charge in [-0.25, -0.2) is 0 Å². The highest BCUT2D eigenvalue weighted by Crippen LogP contribution is 2.31. The molecule has 0 heterocycles. The topological polar surface area (TPSA) is 46.2 Å². The monoisotopic (exact) mass is 171 g/mol. The van der Waals surface area contributed by atoms with Gasteiger partial charge in [0.2, 0.25) is 0 Å². The second-order valence-electron chi connectivity index (χ2n) is 4.06. The van der Waals surface area contributed by atoms with E-state index in [2.05, 4.69) is 6.92 Å². The third kappa shape index (κ3) is 2.46. The smallest absolute Gasteiger partial charge is 0.0690 e. The standard InChI is InChI=1S/C10H21NO/c1-8(10(12)7-11)9-5-3-2-4-6-9/h8-10,12H,2-7,11H2,1H3. The summed E-state index contributed by atoms with van der Waals surface area (Å²) in [4.78, 5) is 0. The molecule has 2 atom stereocenters. The van der Waals surface area contributed by atoms with Crippen LogP contribution in [0.4, 0.5) is 0 Å². The van der Waals surface area contributed by atoms with E-state index in [-0.39, 0.29) is 6.10 Å². The Kier molecular flexibility index (Phi) is 4.02. The van der Waals surface area contributed by atoms with E-state index in [1.165, 1.54) is 32.1 Å². The van der Waals surface area contributed by atoms with Crippen LogP contribution >= 0.6 is 0 Å². The summed E-state index contributed by atoms with van der Waals surface area (Å²) >= 11 is 0. The second kappa shape index (κ2) is 4.83. The number of hydrogen-bond acceptors (Lipinski definition) is 2. The number of aliphatic hydroxyl groups excluding tert-OH is 1. The first-order valence-corrected chi connectivity index (χ1v) is 5.14. The van der Waals surface area contributed by atoms with Crippen molar-refractivity contribution in [3.05, 3.63) is 0 Å². The van der Waals surface area contributed by atoms with Crippen molar-refractivity contribution in [2.75, 3.05) is 6.54 Å². The van der Waals surface area contributed by atoms with Crippen molar-refractivity contribution in [1.82, 2.24) is 0 Å². The summed E-state index contributed by atoms with van der Waals surface area (Å²) in [6.07, 6.45) is 6.35. The third-order valence-electron chi connectivity index (χ3n) is 3.24. The van der Waals surface area contributed by atoms with E-state index >= 15 is 0 Å². The molecule has 0 bridgehead atoms. The Bertz CT molecular complexity index is 121. The molecule has 1 rings (SSSR count). The Hall–Kier alpha value is -0.0800. The third-order valence-corrected chi connectivity index (χ3v) is 3.24. The molecule has 0 aromatic rings. The van der Waals surface area contributed by atoms with Crippen LogP contribution in [-0.2, 0) is 0 Å². The number of nitrogens with two attached hydrogens (primary N) is 1. The molecular formula is C10H21NO. The Labute approximate surface area is 75.2 Å². The van der Waals surface area contributed by atoms with Gasteiger partial charge in [0.1, 0.15) is 0 Å². The van der Waals surface area contributed by atoms with E-state index in [1.54, 1.807) is 0 Å². The van der Waals surface area contributed by atoms with E-state index in [0.29, 0.717) is 12.5 Å². The Morgan fingerprint density at radius 2 is 1.92 bits per heavy atom. The molecule has 1 aliphatic rings. The van der Waals surface area contributed by atoms with Gasteiger partial charge < -0.3 is 10.8 Å². The highest BCUT2D eigenvalue weighted by Gasteiger charge is 2.24. The number of hydrogen-bond donors (Lipinski definition) is 2. The van der Waals surface area contributed by atoms with Crippen molar-refractivity contribution in [1.29, 1.82) is 0 Å². The van der Waals surface area contributed by atoms with E-state index in [0.717, 1.165) is 5.92 Å². The van der Waals surface area contributed by atoms with Crippen molar-refractivity contribution >= 4 is 0 Å². The zero-order valence-electron chi connectivity index (χ0n) is 8.00. The minimum Gasteiger partial charge on any atom is -0.392 e. The van der Waals surface area contributed by atoms with Crippen LogP contribution in [0.2, 0.25) is 0 Å². The predicted octanol–water partition coefficient (Wildman–Crippen LogP) is 1.52. The average Bonchev–Trinajstić information content (AvgIpc) is 2.17. The highest BCUT2D eigenvalue weighted by atomic mass is 16.3. The molecule has 0 spiro atoms. The zero-order valence-corrected chi connectivity index (χ0v) is 8.00. The lowest BCUT2D eigenvalue weighted by molar-refractivity contribution is 0.0755. The summed E-state index contributed by atoms with van der Waals surface area (Å²) in [5, 5.41) is 9.55. The van der Waals surface area contributed by atoms with Crippen LogP contribution in [-0.4, -0.2) is 17.8 Å². The van der Waals surface area contributed by atoms with Gasteiger partial charge in [-0.3, -0.25) is 0 Å². The summed E-state index contributed by atoms with van der Waals surface area (Å²) in [5.74, 6) is 1.12. The first-order chi connectivity index (χ1) is 5.75. The summed E-state index contributed by atoms with van der Waals surface area (Å²) in [6, 6.07) is 0. The van der Waals surface area contributed by atoms with Gasteiger partial charge in [-0.2, -0.15) is 0 Å². The van der Waals surface area contributed by atoms with Crippen LogP contribution in [0.5, 0.6) is 0 Å². The lowest BCUT2D eigenvalue weighted by atomic mass is 9.78. The quantitative estimate of drug-likeness (QED) is 0.676. The fourth-order valence-electron chi connectivity index (χ4n) is 2.19. The Balaban J connectivity index is 2.33. The second-order valence-corrected chi connectivity index (χ2v) is 4.06. The van der Waals surface area contributed by atoms with E-state index < -0.39 is 0 Å². The van der Waals surface area contributed by atoms with Crippen molar-refractivity contribution in [2.24, 2.45) is 17.6 Å². The van der Waals surface area contributed by atoms with Gasteiger partial charge in [-0.05, 0) is 11.8 Å². The molecule has 2 heteroatoms. The Morgan fingerprint density at radius 1 is 1.33 bits per heavy atom. The van der Waals surface area contributed by atoms with Crippen LogP contribution in [0.3, 0.4) is 0 Å². The first-order valence-electron chi connectivity index (χ1n) is 5.14. The molecule has 1 fully saturated rings. The van der Waals surface area contributed by atoms with E-state index in [9.17, 15) is 5.11 Å². The lowest BCUT2D eigenvalue weighted by Crippen LogP contribution is -2.32. The summed E-state index contributed by atoms with van der Waals surface area (Å²) in [6.45, 7) is 2.55. The van der Waals surface area contributed by atoms with Crippen LogP contribution in [0.25, 0.3) is 0 Å². The lowest BCUT2D eigenvalue weighted by Gasteiger charge is -2.30. The maximum absolute atomic E-state index is 9.55. The first kappa shape index (κ1) is 10.0. The molecule has 0 amide bonds. The number of rotatable bonds is 3. The maximum atomic E-state index is 9.55. The van der Waals surface area contributed by atoms with Gasteiger partial charge >= 0.3 is 0 Å². The fraction of sp³-hybridized carbons (Fsp3) is 1.00. The summed E-state index contributed by atoms with van der Waals surface area (Å²) in [5.41, 5.74) is 5.43. The molecule has 0 aliphatic heterocycles. The van der Waals surface area contributed by atoms with Crippen LogP contribution in [0.15, 0.2) is 0 Å². The van der Waals surface area contributed by atoms with Gasteiger partial charge in [-0.15, -0.1) is 0 Å². The molecule has 1 saturated carbocycles. The van der Waals surface area contributed by atoms with Crippen molar-refractivity contribution in [2.45, 2.75) is 45.1 Å². The summed E-state index contributed by atoms with van der Waals surface area (Å²) < 4.78 is 0. The van der Waals surface area contributed by atoms with Crippen molar-refractivity contribution < 1.29 is 5.11 Å². The van der Waals surface area contributed by atoms with Gasteiger partial charge in [0.15, 0.2) is 0 Å². The summed E-state index contributed by atoms with van der Waals surface area (Å²) in [7, 11) is 0. The van der Waals surface area contributed by atoms with Gasteiger partial charge in [-0.1, -0.05) is 39.0 Å². The molecule has 2 unspecified atom stereocenters.